The average Bonchev–Trinajstić information content (AvgIpc) is 3.12. The van der Waals surface area contributed by atoms with E-state index in [2.05, 4.69) is 20.9 Å². The number of fused-ring (bicyclic) bond motifs is 1. The fraction of sp³-hybridized carbons (Fsp3) is 0.286. The van der Waals surface area contributed by atoms with Gasteiger partial charge in [-0.15, -0.1) is 10.2 Å². The first-order valence-electron chi connectivity index (χ1n) is 9.47. The van der Waals surface area contributed by atoms with Crippen LogP contribution in [0.25, 0.3) is 0 Å². The third kappa shape index (κ3) is 3.97. The van der Waals surface area contributed by atoms with Crippen molar-refractivity contribution in [1.82, 2.24) is 14.9 Å². The molecule has 1 aliphatic rings. The van der Waals surface area contributed by atoms with Crippen molar-refractivity contribution in [3.05, 3.63) is 70.0 Å². The molecule has 3 aromatic rings. The Morgan fingerprint density at radius 1 is 1.21 bits per heavy atom. The zero-order valence-corrected chi connectivity index (χ0v) is 18.0. The Kier molecular flexibility index (Phi) is 5.52. The summed E-state index contributed by atoms with van der Waals surface area (Å²) in [7, 11) is 0. The van der Waals surface area contributed by atoms with Crippen LogP contribution in [0.5, 0.6) is 0 Å². The van der Waals surface area contributed by atoms with E-state index >= 15 is 0 Å². The summed E-state index contributed by atoms with van der Waals surface area (Å²) in [6.07, 6.45) is 0.743. The van der Waals surface area contributed by atoms with Gasteiger partial charge in [-0.3, -0.25) is 4.79 Å². The molecule has 150 valence electrons. The standard InChI is InChI=1S/C21H22ClN5OS/c1-4-17-24-25-21-27(17)26-18(14-7-9-15(22)10-8-14)19(29-21)20(28)23-16-11-12(2)5-6-13(16)3/h5-11,18-19,26H,4H2,1-3H3,(H,23,28)/t18-,19+/m1/s1. The third-order valence-electron chi connectivity index (χ3n) is 4.96. The first kappa shape index (κ1) is 19.8. The van der Waals surface area contributed by atoms with Gasteiger partial charge in [-0.2, -0.15) is 0 Å². The number of halogens is 1. The quantitative estimate of drug-likeness (QED) is 0.641. The van der Waals surface area contributed by atoms with Gasteiger partial charge in [-0.1, -0.05) is 54.6 Å². The summed E-state index contributed by atoms with van der Waals surface area (Å²) >= 11 is 7.49. The topological polar surface area (TPSA) is 71.8 Å². The van der Waals surface area contributed by atoms with Crippen molar-refractivity contribution in [2.24, 2.45) is 0 Å². The highest BCUT2D eigenvalue weighted by Gasteiger charge is 2.37. The molecule has 0 spiro atoms. The minimum atomic E-state index is -0.419. The number of carbonyl (C=O) groups excluding carboxylic acids is 1. The van der Waals surface area contributed by atoms with E-state index in [1.807, 2.05) is 67.9 Å². The lowest BCUT2D eigenvalue weighted by Crippen LogP contribution is -2.41. The van der Waals surface area contributed by atoms with Crippen LogP contribution in [-0.4, -0.2) is 26.0 Å². The Hall–Kier alpha value is -2.51. The Morgan fingerprint density at radius 2 is 1.97 bits per heavy atom. The molecule has 0 saturated carbocycles. The van der Waals surface area contributed by atoms with E-state index in [0.29, 0.717) is 10.2 Å². The van der Waals surface area contributed by atoms with Crippen LogP contribution < -0.4 is 10.7 Å². The van der Waals surface area contributed by atoms with E-state index in [9.17, 15) is 4.79 Å². The predicted molar refractivity (Wildman–Crippen MR) is 117 cm³/mol. The number of aryl methyl sites for hydroxylation is 3. The highest BCUT2D eigenvalue weighted by molar-refractivity contribution is 8.00. The molecule has 1 aliphatic heterocycles. The van der Waals surface area contributed by atoms with Crippen LogP contribution in [0.3, 0.4) is 0 Å². The Bertz CT molecular complexity index is 1050. The molecular weight excluding hydrogens is 406 g/mol. The van der Waals surface area contributed by atoms with E-state index < -0.39 is 5.25 Å². The number of aromatic nitrogens is 3. The molecule has 2 heterocycles. The molecule has 4 rings (SSSR count). The lowest BCUT2D eigenvalue weighted by Gasteiger charge is -2.33. The largest absolute Gasteiger partial charge is 0.325 e. The lowest BCUT2D eigenvalue weighted by molar-refractivity contribution is -0.116. The molecule has 29 heavy (non-hydrogen) atoms. The smallest absolute Gasteiger partial charge is 0.240 e. The number of thioether (sulfide) groups is 1. The van der Waals surface area contributed by atoms with Crippen molar-refractivity contribution in [2.45, 2.75) is 43.6 Å². The third-order valence-corrected chi connectivity index (χ3v) is 6.43. The molecule has 1 aromatic heterocycles. The van der Waals surface area contributed by atoms with Gasteiger partial charge in [0, 0.05) is 17.1 Å². The monoisotopic (exact) mass is 427 g/mol. The molecule has 6 nitrogen and oxygen atoms in total. The Balaban J connectivity index is 1.68. The maximum Gasteiger partial charge on any atom is 0.240 e. The van der Waals surface area contributed by atoms with Crippen LogP contribution in [0.2, 0.25) is 5.02 Å². The minimum Gasteiger partial charge on any atom is -0.325 e. The molecule has 1 amide bonds. The SMILES string of the molecule is CCc1nnc2n1N[C@H](c1ccc(Cl)cc1)[C@@H](C(=O)Nc1cc(C)ccc1C)S2. The van der Waals surface area contributed by atoms with Gasteiger partial charge in [0.15, 0.2) is 5.82 Å². The highest BCUT2D eigenvalue weighted by atomic mass is 35.5. The van der Waals surface area contributed by atoms with Crippen LogP contribution in [0.4, 0.5) is 5.69 Å². The number of nitrogens with zero attached hydrogens (tertiary/aromatic N) is 3. The van der Waals surface area contributed by atoms with Crippen molar-refractivity contribution in [2.75, 3.05) is 10.7 Å². The molecule has 8 heteroatoms. The fourth-order valence-electron chi connectivity index (χ4n) is 3.32. The van der Waals surface area contributed by atoms with Crippen molar-refractivity contribution in [3.63, 3.8) is 0 Å². The number of hydrogen-bond donors (Lipinski definition) is 2. The molecule has 0 aliphatic carbocycles. The maximum absolute atomic E-state index is 13.3. The van der Waals surface area contributed by atoms with Gasteiger partial charge in [-0.05, 0) is 48.7 Å². The van der Waals surface area contributed by atoms with Crippen LogP contribution in [0, 0.1) is 13.8 Å². The lowest BCUT2D eigenvalue weighted by atomic mass is 10.0. The van der Waals surface area contributed by atoms with Gasteiger partial charge in [0.1, 0.15) is 5.25 Å². The van der Waals surface area contributed by atoms with E-state index in [4.69, 9.17) is 11.6 Å². The van der Waals surface area contributed by atoms with Crippen molar-refractivity contribution in [1.29, 1.82) is 0 Å². The number of nitrogens with one attached hydrogen (secondary N) is 2. The summed E-state index contributed by atoms with van der Waals surface area (Å²) in [5.41, 5.74) is 7.37. The second-order valence-corrected chi connectivity index (χ2v) is 8.64. The van der Waals surface area contributed by atoms with Crippen LogP contribution >= 0.6 is 23.4 Å². The molecule has 2 atom stereocenters. The maximum atomic E-state index is 13.3. The Labute approximate surface area is 179 Å². The molecule has 0 fully saturated rings. The summed E-state index contributed by atoms with van der Waals surface area (Å²) in [5, 5.41) is 12.5. The van der Waals surface area contributed by atoms with E-state index in [-0.39, 0.29) is 11.9 Å². The van der Waals surface area contributed by atoms with Gasteiger partial charge in [-0.25, -0.2) is 4.68 Å². The molecule has 0 saturated heterocycles. The highest BCUT2D eigenvalue weighted by Crippen LogP contribution is 2.38. The number of anilines is 1. The van der Waals surface area contributed by atoms with Gasteiger partial charge in [0.2, 0.25) is 11.1 Å². The van der Waals surface area contributed by atoms with E-state index in [1.54, 1.807) is 0 Å². The van der Waals surface area contributed by atoms with E-state index in [1.165, 1.54) is 11.8 Å². The zero-order valence-electron chi connectivity index (χ0n) is 16.4. The second-order valence-electron chi connectivity index (χ2n) is 7.09. The van der Waals surface area contributed by atoms with Gasteiger partial charge < -0.3 is 10.7 Å². The molecule has 0 unspecified atom stereocenters. The van der Waals surface area contributed by atoms with Crippen LogP contribution in [0.15, 0.2) is 47.6 Å². The molecule has 2 N–H and O–H groups in total. The summed E-state index contributed by atoms with van der Waals surface area (Å²) in [4.78, 5) is 13.3. The molecular formula is C21H22ClN5OS. The fourth-order valence-corrected chi connectivity index (χ4v) is 4.55. The summed E-state index contributed by atoms with van der Waals surface area (Å²) in [6.45, 7) is 6.03. The Morgan fingerprint density at radius 3 is 2.69 bits per heavy atom. The first-order chi connectivity index (χ1) is 14.0. The molecule has 0 radical (unpaired) electrons. The molecule has 0 bridgehead atoms. The van der Waals surface area contributed by atoms with Crippen LogP contribution in [0.1, 0.15) is 35.5 Å². The number of rotatable bonds is 4. The second kappa shape index (κ2) is 8.08. The van der Waals surface area contributed by atoms with Crippen molar-refractivity contribution >= 4 is 35.0 Å². The number of carbonyl (C=O) groups is 1. The predicted octanol–water partition coefficient (Wildman–Crippen LogP) is 4.51. The van der Waals surface area contributed by atoms with Crippen molar-refractivity contribution < 1.29 is 4.79 Å². The average molecular weight is 428 g/mol. The number of benzene rings is 2. The number of hydrogen-bond acceptors (Lipinski definition) is 5. The van der Waals surface area contributed by atoms with E-state index in [0.717, 1.165) is 34.6 Å². The zero-order chi connectivity index (χ0) is 20.5. The van der Waals surface area contributed by atoms with Gasteiger partial charge >= 0.3 is 0 Å². The minimum absolute atomic E-state index is 0.0801. The van der Waals surface area contributed by atoms with Gasteiger partial charge in [0.05, 0.1) is 6.04 Å². The van der Waals surface area contributed by atoms with Gasteiger partial charge in [0.25, 0.3) is 0 Å². The van der Waals surface area contributed by atoms with Crippen molar-refractivity contribution in [3.8, 4) is 0 Å². The number of amides is 1. The molecule has 2 aromatic carbocycles. The summed E-state index contributed by atoms with van der Waals surface area (Å²) in [6, 6.07) is 13.3. The summed E-state index contributed by atoms with van der Waals surface area (Å²) < 4.78 is 1.88. The normalized spacial score (nSPS) is 18.1. The van der Waals surface area contributed by atoms with Crippen LogP contribution in [-0.2, 0) is 11.2 Å². The first-order valence-corrected chi connectivity index (χ1v) is 10.7. The summed E-state index contributed by atoms with van der Waals surface area (Å²) in [5.74, 6) is 0.753.